The van der Waals surface area contributed by atoms with E-state index in [1.54, 1.807) is 29.2 Å². The Morgan fingerprint density at radius 3 is 2.55 bits per heavy atom. The van der Waals surface area contributed by atoms with Crippen LogP contribution in [0.25, 0.3) is 0 Å². The number of morpholine rings is 1. The summed E-state index contributed by atoms with van der Waals surface area (Å²) < 4.78 is 5.78. The molecule has 0 radical (unpaired) electrons. The Labute approximate surface area is 139 Å². The summed E-state index contributed by atoms with van der Waals surface area (Å²) in [5.74, 6) is -0.0166. The third-order valence-corrected chi connectivity index (χ3v) is 4.29. The fourth-order valence-corrected chi connectivity index (χ4v) is 2.92. The molecular formula is C17H15Cl2NO2. The molecule has 0 aromatic heterocycles. The van der Waals surface area contributed by atoms with Crippen LogP contribution in [-0.2, 0) is 4.74 Å². The number of hydrogen-bond acceptors (Lipinski definition) is 2. The number of halogens is 2. The van der Waals surface area contributed by atoms with E-state index < -0.39 is 0 Å². The van der Waals surface area contributed by atoms with Gasteiger partial charge in [-0.2, -0.15) is 0 Å². The van der Waals surface area contributed by atoms with Crippen LogP contribution in [0.4, 0.5) is 0 Å². The van der Waals surface area contributed by atoms with Crippen LogP contribution in [0.15, 0.2) is 48.5 Å². The maximum Gasteiger partial charge on any atom is 0.254 e. The van der Waals surface area contributed by atoms with Gasteiger partial charge in [-0.1, -0.05) is 41.4 Å². The van der Waals surface area contributed by atoms with Crippen molar-refractivity contribution in [2.45, 2.75) is 6.10 Å². The Bertz CT molecular complexity index is 673. The molecule has 0 aliphatic carbocycles. The van der Waals surface area contributed by atoms with Crippen LogP contribution in [-0.4, -0.2) is 30.5 Å². The van der Waals surface area contributed by atoms with Crippen LogP contribution in [0.2, 0.25) is 10.0 Å². The Kier molecular flexibility index (Phi) is 4.67. The van der Waals surface area contributed by atoms with E-state index in [9.17, 15) is 4.79 Å². The topological polar surface area (TPSA) is 29.5 Å². The van der Waals surface area contributed by atoms with Crippen molar-refractivity contribution in [1.82, 2.24) is 4.90 Å². The average Bonchev–Trinajstić information content (AvgIpc) is 2.55. The number of carbonyl (C=O) groups is 1. The first-order chi connectivity index (χ1) is 10.6. The summed E-state index contributed by atoms with van der Waals surface area (Å²) in [6, 6.07) is 14.5. The standard InChI is InChI=1S/C17H15Cl2NO2/c18-13-7-5-12(6-8-13)17(21)20-9-10-22-16(11-20)14-3-1-2-4-15(14)19/h1-8,16H,9-11H2. The number of amides is 1. The van der Waals surface area contributed by atoms with E-state index in [4.69, 9.17) is 27.9 Å². The second kappa shape index (κ2) is 6.69. The van der Waals surface area contributed by atoms with Gasteiger partial charge in [0.15, 0.2) is 0 Å². The van der Waals surface area contributed by atoms with Crippen molar-refractivity contribution in [2.24, 2.45) is 0 Å². The predicted molar refractivity (Wildman–Crippen MR) is 87.5 cm³/mol. The van der Waals surface area contributed by atoms with E-state index in [2.05, 4.69) is 0 Å². The zero-order valence-corrected chi connectivity index (χ0v) is 13.3. The Morgan fingerprint density at radius 2 is 1.82 bits per heavy atom. The molecule has 1 unspecified atom stereocenters. The second-order valence-corrected chi connectivity index (χ2v) is 5.98. The molecule has 2 aromatic carbocycles. The van der Waals surface area contributed by atoms with E-state index in [1.807, 2.05) is 24.3 Å². The molecule has 1 fully saturated rings. The van der Waals surface area contributed by atoms with Crippen LogP contribution in [0.5, 0.6) is 0 Å². The van der Waals surface area contributed by atoms with E-state index in [0.717, 1.165) is 5.56 Å². The highest BCUT2D eigenvalue weighted by molar-refractivity contribution is 6.31. The lowest BCUT2D eigenvalue weighted by atomic mass is 10.1. The van der Waals surface area contributed by atoms with Gasteiger partial charge in [0.2, 0.25) is 0 Å². The van der Waals surface area contributed by atoms with Crippen molar-refractivity contribution < 1.29 is 9.53 Å². The Hall–Kier alpha value is -1.55. The molecule has 1 aliphatic heterocycles. The molecule has 22 heavy (non-hydrogen) atoms. The zero-order chi connectivity index (χ0) is 15.5. The van der Waals surface area contributed by atoms with Crippen LogP contribution in [0, 0.1) is 0 Å². The van der Waals surface area contributed by atoms with Gasteiger partial charge < -0.3 is 9.64 Å². The molecule has 114 valence electrons. The van der Waals surface area contributed by atoms with Crippen molar-refractivity contribution in [3.05, 3.63) is 69.7 Å². The van der Waals surface area contributed by atoms with Gasteiger partial charge in [-0.25, -0.2) is 0 Å². The maximum atomic E-state index is 12.6. The third-order valence-electron chi connectivity index (χ3n) is 3.70. The number of nitrogens with zero attached hydrogens (tertiary/aromatic N) is 1. The maximum absolute atomic E-state index is 12.6. The van der Waals surface area contributed by atoms with Gasteiger partial charge in [-0.15, -0.1) is 0 Å². The SMILES string of the molecule is O=C(c1ccc(Cl)cc1)N1CCOC(c2ccccc2Cl)C1. The van der Waals surface area contributed by atoms with Gasteiger partial charge in [-0.3, -0.25) is 4.79 Å². The third kappa shape index (κ3) is 3.27. The lowest BCUT2D eigenvalue weighted by molar-refractivity contribution is -0.0227. The zero-order valence-electron chi connectivity index (χ0n) is 11.8. The number of benzene rings is 2. The number of hydrogen-bond donors (Lipinski definition) is 0. The lowest BCUT2D eigenvalue weighted by Crippen LogP contribution is -2.42. The second-order valence-electron chi connectivity index (χ2n) is 5.14. The lowest BCUT2D eigenvalue weighted by Gasteiger charge is -2.33. The number of carbonyl (C=O) groups excluding carboxylic acids is 1. The summed E-state index contributed by atoms with van der Waals surface area (Å²) in [7, 11) is 0. The van der Waals surface area contributed by atoms with Crippen LogP contribution >= 0.6 is 23.2 Å². The van der Waals surface area contributed by atoms with Gasteiger partial charge in [-0.05, 0) is 30.3 Å². The van der Waals surface area contributed by atoms with E-state index >= 15 is 0 Å². The quantitative estimate of drug-likeness (QED) is 0.822. The van der Waals surface area contributed by atoms with Crippen LogP contribution < -0.4 is 0 Å². The van der Waals surface area contributed by atoms with E-state index in [0.29, 0.717) is 35.3 Å². The largest absolute Gasteiger partial charge is 0.370 e. The molecule has 0 spiro atoms. The highest BCUT2D eigenvalue weighted by atomic mass is 35.5. The molecule has 0 saturated carbocycles. The molecule has 1 amide bonds. The molecule has 0 bridgehead atoms. The first-order valence-corrected chi connectivity index (χ1v) is 7.81. The molecule has 5 heteroatoms. The molecule has 1 atom stereocenters. The minimum atomic E-state index is -0.196. The molecular weight excluding hydrogens is 321 g/mol. The van der Waals surface area contributed by atoms with Crippen molar-refractivity contribution in [3.63, 3.8) is 0 Å². The van der Waals surface area contributed by atoms with Crippen molar-refractivity contribution in [3.8, 4) is 0 Å². The van der Waals surface area contributed by atoms with Crippen LogP contribution in [0.1, 0.15) is 22.0 Å². The highest BCUT2D eigenvalue weighted by Crippen LogP contribution is 2.28. The summed E-state index contributed by atoms with van der Waals surface area (Å²) in [5, 5.41) is 1.28. The van der Waals surface area contributed by atoms with Gasteiger partial charge in [0.1, 0.15) is 6.10 Å². The summed E-state index contributed by atoms with van der Waals surface area (Å²) in [4.78, 5) is 14.4. The van der Waals surface area contributed by atoms with E-state index in [-0.39, 0.29) is 12.0 Å². The fraction of sp³-hybridized carbons (Fsp3) is 0.235. The molecule has 1 aliphatic rings. The number of rotatable bonds is 2. The first kappa shape index (κ1) is 15.3. The summed E-state index contributed by atoms with van der Waals surface area (Å²) in [6.07, 6.45) is -0.196. The highest BCUT2D eigenvalue weighted by Gasteiger charge is 2.27. The molecule has 0 N–H and O–H groups in total. The summed E-state index contributed by atoms with van der Waals surface area (Å²) in [6.45, 7) is 1.56. The fourth-order valence-electron chi connectivity index (χ4n) is 2.53. The molecule has 2 aromatic rings. The normalized spacial score (nSPS) is 18.3. The average molecular weight is 336 g/mol. The van der Waals surface area contributed by atoms with Gasteiger partial charge in [0.25, 0.3) is 5.91 Å². The summed E-state index contributed by atoms with van der Waals surface area (Å²) >= 11 is 12.1. The van der Waals surface area contributed by atoms with Gasteiger partial charge >= 0.3 is 0 Å². The van der Waals surface area contributed by atoms with Crippen LogP contribution in [0.3, 0.4) is 0 Å². The Balaban J connectivity index is 1.77. The molecule has 1 saturated heterocycles. The minimum absolute atomic E-state index is 0.0166. The minimum Gasteiger partial charge on any atom is -0.370 e. The smallest absolute Gasteiger partial charge is 0.254 e. The summed E-state index contributed by atoms with van der Waals surface area (Å²) in [5.41, 5.74) is 1.54. The van der Waals surface area contributed by atoms with Gasteiger partial charge in [0.05, 0.1) is 13.2 Å². The Morgan fingerprint density at radius 1 is 1.09 bits per heavy atom. The number of ether oxygens (including phenoxy) is 1. The van der Waals surface area contributed by atoms with Gasteiger partial charge in [0, 0.05) is 27.7 Å². The van der Waals surface area contributed by atoms with Crippen molar-refractivity contribution in [2.75, 3.05) is 19.7 Å². The molecule has 3 nitrogen and oxygen atoms in total. The molecule has 3 rings (SSSR count). The van der Waals surface area contributed by atoms with Crippen molar-refractivity contribution in [1.29, 1.82) is 0 Å². The first-order valence-electron chi connectivity index (χ1n) is 7.06. The van der Waals surface area contributed by atoms with Crippen molar-refractivity contribution >= 4 is 29.1 Å². The predicted octanol–water partition coefficient (Wildman–Crippen LogP) is 4.21. The monoisotopic (exact) mass is 335 g/mol. The molecule has 1 heterocycles. The van der Waals surface area contributed by atoms with E-state index in [1.165, 1.54) is 0 Å².